The second-order valence-electron chi connectivity index (χ2n) is 6.03. The van der Waals surface area contributed by atoms with E-state index in [4.69, 9.17) is 11.6 Å². The zero-order chi connectivity index (χ0) is 17.5. The van der Waals surface area contributed by atoms with Gasteiger partial charge in [0.15, 0.2) is 0 Å². The molecule has 0 aliphatic heterocycles. The van der Waals surface area contributed by atoms with Crippen LogP contribution in [0.25, 0.3) is 5.57 Å². The van der Waals surface area contributed by atoms with Gasteiger partial charge in [0, 0.05) is 17.6 Å². The second-order valence-corrected chi connectivity index (χ2v) is 6.47. The fourth-order valence-electron chi connectivity index (χ4n) is 2.87. The molecule has 1 nitrogen and oxygen atoms in total. The van der Waals surface area contributed by atoms with Crippen molar-refractivity contribution >= 4 is 29.6 Å². The number of hydrogen-bond acceptors (Lipinski definition) is 1. The lowest BCUT2D eigenvalue weighted by Gasteiger charge is -2.14. The molecule has 3 aromatic carbocycles. The summed E-state index contributed by atoms with van der Waals surface area (Å²) in [6, 6.07) is 29.3. The Morgan fingerprint density at radius 3 is 2.00 bits per heavy atom. The highest BCUT2D eigenvalue weighted by molar-refractivity contribution is 6.30. The summed E-state index contributed by atoms with van der Waals surface area (Å²) in [5.41, 5.74) is 4.89. The number of rotatable bonds is 6. The third-order valence-corrected chi connectivity index (χ3v) is 4.48. The Morgan fingerprint density at radius 1 is 0.885 bits per heavy atom. The minimum absolute atomic E-state index is 0. The molecule has 1 atom stereocenters. The first-order valence-corrected chi connectivity index (χ1v) is 8.91. The van der Waals surface area contributed by atoms with E-state index in [1.54, 1.807) is 0 Å². The Labute approximate surface area is 167 Å². The molecule has 0 saturated heterocycles. The predicted octanol–water partition coefficient (Wildman–Crippen LogP) is 6.54. The molecular formula is C23H23Cl2N. The molecule has 26 heavy (non-hydrogen) atoms. The first-order chi connectivity index (χ1) is 12.2. The molecule has 0 bridgehead atoms. The average molecular weight is 384 g/mol. The normalized spacial score (nSPS) is 11.3. The summed E-state index contributed by atoms with van der Waals surface area (Å²) in [5, 5.41) is 4.34. The van der Waals surface area contributed by atoms with Crippen molar-refractivity contribution in [2.45, 2.75) is 13.0 Å². The zero-order valence-electron chi connectivity index (χ0n) is 14.7. The van der Waals surface area contributed by atoms with Crippen molar-refractivity contribution in [3.63, 3.8) is 0 Å². The highest BCUT2D eigenvalue weighted by Gasteiger charge is 2.06. The van der Waals surface area contributed by atoms with E-state index in [0.717, 1.165) is 11.6 Å². The van der Waals surface area contributed by atoms with Gasteiger partial charge in [-0.3, -0.25) is 0 Å². The lowest BCUT2D eigenvalue weighted by atomic mass is 9.97. The molecule has 0 radical (unpaired) electrons. The lowest BCUT2D eigenvalue weighted by Crippen LogP contribution is -2.18. The minimum Gasteiger partial charge on any atom is -0.307 e. The van der Waals surface area contributed by atoms with Crippen molar-refractivity contribution < 1.29 is 0 Å². The summed E-state index contributed by atoms with van der Waals surface area (Å²) in [6.07, 6.45) is 2.26. The van der Waals surface area contributed by atoms with Gasteiger partial charge in [0.05, 0.1) is 0 Å². The van der Waals surface area contributed by atoms with Crippen LogP contribution in [0.1, 0.15) is 29.7 Å². The number of hydrogen-bond donors (Lipinski definition) is 1. The Kier molecular flexibility index (Phi) is 7.93. The third-order valence-electron chi connectivity index (χ3n) is 4.25. The SMILES string of the molecule is CC(NCC=C(c1ccccc1)c1ccccc1)c1cccc(Cl)c1.Cl. The highest BCUT2D eigenvalue weighted by Crippen LogP contribution is 2.23. The Bertz CT molecular complexity index is 788. The van der Waals surface area contributed by atoms with E-state index in [-0.39, 0.29) is 18.4 Å². The molecule has 0 saturated carbocycles. The predicted molar refractivity (Wildman–Crippen MR) is 115 cm³/mol. The average Bonchev–Trinajstić information content (AvgIpc) is 2.66. The summed E-state index contributed by atoms with van der Waals surface area (Å²) >= 11 is 6.09. The first-order valence-electron chi connectivity index (χ1n) is 8.54. The Hall–Kier alpha value is -2.06. The van der Waals surface area contributed by atoms with Crippen LogP contribution in [0.3, 0.4) is 0 Å². The van der Waals surface area contributed by atoms with Crippen LogP contribution in [0.4, 0.5) is 0 Å². The van der Waals surface area contributed by atoms with Gasteiger partial charge in [0.2, 0.25) is 0 Å². The molecule has 0 amide bonds. The van der Waals surface area contributed by atoms with Gasteiger partial charge in [-0.1, -0.05) is 90.5 Å². The summed E-state index contributed by atoms with van der Waals surface area (Å²) in [7, 11) is 0. The van der Waals surface area contributed by atoms with Crippen LogP contribution in [-0.4, -0.2) is 6.54 Å². The molecule has 0 heterocycles. The van der Waals surface area contributed by atoms with Gasteiger partial charge in [-0.15, -0.1) is 12.4 Å². The maximum Gasteiger partial charge on any atom is 0.0409 e. The molecule has 3 rings (SSSR count). The molecular weight excluding hydrogens is 361 g/mol. The molecule has 0 spiro atoms. The monoisotopic (exact) mass is 383 g/mol. The van der Waals surface area contributed by atoms with Crippen LogP contribution in [-0.2, 0) is 0 Å². The molecule has 0 aliphatic rings. The Balaban J connectivity index is 0.00000243. The Morgan fingerprint density at radius 2 is 1.46 bits per heavy atom. The molecule has 0 fully saturated rings. The van der Waals surface area contributed by atoms with Gasteiger partial charge in [0.1, 0.15) is 0 Å². The maximum atomic E-state index is 6.09. The van der Waals surface area contributed by atoms with Crippen LogP contribution >= 0.6 is 24.0 Å². The summed E-state index contributed by atoms with van der Waals surface area (Å²) in [4.78, 5) is 0. The fourth-order valence-corrected chi connectivity index (χ4v) is 3.07. The summed E-state index contributed by atoms with van der Waals surface area (Å²) in [6.45, 7) is 2.94. The molecule has 3 heteroatoms. The van der Waals surface area contributed by atoms with Crippen molar-refractivity contribution in [1.82, 2.24) is 5.32 Å². The van der Waals surface area contributed by atoms with Crippen molar-refractivity contribution in [2.24, 2.45) is 0 Å². The van der Waals surface area contributed by atoms with E-state index in [1.807, 2.05) is 30.3 Å². The lowest BCUT2D eigenvalue weighted by molar-refractivity contribution is 0.618. The van der Waals surface area contributed by atoms with Gasteiger partial charge in [-0.25, -0.2) is 0 Å². The molecule has 1 N–H and O–H groups in total. The standard InChI is InChI=1S/C23H22ClN.ClH/c1-18(21-13-8-14-22(24)17-21)25-16-15-23(19-9-4-2-5-10-19)20-11-6-3-7-12-20;/h2-15,17-18,25H,16H2,1H3;1H. The van der Waals surface area contributed by atoms with Crippen LogP contribution < -0.4 is 5.32 Å². The van der Waals surface area contributed by atoms with Gasteiger partial charge in [-0.05, 0) is 41.3 Å². The van der Waals surface area contributed by atoms with Gasteiger partial charge in [0.25, 0.3) is 0 Å². The first kappa shape index (κ1) is 20.3. The molecule has 0 aromatic heterocycles. The molecule has 134 valence electrons. The minimum atomic E-state index is 0. The third kappa shape index (κ3) is 5.47. The largest absolute Gasteiger partial charge is 0.307 e. The van der Waals surface area contributed by atoms with E-state index < -0.39 is 0 Å². The molecule has 1 unspecified atom stereocenters. The summed E-state index contributed by atoms with van der Waals surface area (Å²) < 4.78 is 0. The van der Waals surface area contributed by atoms with E-state index in [1.165, 1.54) is 22.3 Å². The van der Waals surface area contributed by atoms with E-state index in [2.05, 4.69) is 72.9 Å². The summed E-state index contributed by atoms with van der Waals surface area (Å²) in [5.74, 6) is 0. The van der Waals surface area contributed by atoms with Crippen LogP contribution in [0.15, 0.2) is 91.0 Å². The van der Waals surface area contributed by atoms with Crippen molar-refractivity contribution in [3.05, 3.63) is 113 Å². The van der Waals surface area contributed by atoms with Crippen molar-refractivity contribution in [3.8, 4) is 0 Å². The van der Waals surface area contributed by atoms with Gasteiger partial charge >= 0.3 is 0 Å². The number of benzene rings is 3. The van der Waals surface area contributed by atoms with Crippen LogP contribution in [0, 0.1) is 0 Å². The van der Waals surface area contributed by atoms with Crippen LogP contribution in [0.5, 0.6) is 0 Å². The molecule has 0 aliphatic carbocycles. The van der Waals surface area contributed by atoms with Crippen molar-refractivity contribution in [1.29, 1.82) is 0 Å². The highest BCUT2D eigenvalue weighted by atomic mass is 35.5. The van der Waals surface area contributed by atoms with Gasteiger partial charge < -0.3 is 5.32 Å². The smallest absolute Gasteiger partial charge is 0.0409 e. The topological polar surface area (TPSA) is 12.0 Å². The van der Waals surface area contributed by atoms with Crippen LogP contribution in [0.2, 0.25) is 5.02 Å². The van der Waals surface area contributed by atoms with E-state index in [9.17, 15) is 0 Å². The number of halogens is 2. The zero-order valence-corrected chi connectivity index (χ0v) is 16.3. The molecule has 3 aromatic rings. The second kappa shape index (κ2) is 10.2. The van der Waals surface area contributed by atoms with Crippen molar-refractivity contribution in [2.75, 3.05) is 6.54 Å². The quantitative estimate of drug-likeness (QED) is 0.509. The van der Waals surface area contributed by atoms with Gasteiger partial charge in [-0.2, -0.15) is 0 Å². The maximum absolute atomic E-state index is 6.09. The fraction of sp³-hybridized carbons (Fsp3) is 0.130. The number of nitrogens with one attached hydrogen (secondary N) is 1. The van der Waals surface area contributed by atoms with E-state index >= 15 is 0 Å². The van der Waals surface area contributed by atoms with E-state index in [0.29, 0.717) is 0 Å².